The van der Waals surface area contributed by atoms with E-state index < -0.39 is 23.8 Å². The first-order valence-electron chi connectivity index (χ1n) is 6.50. The summed E-state index contributed by atoms with van der Waals surface area (Å²) >= 11 is 5.89. The number of carboxylic acid groups (broad SMARTS) is 1. The number of hydrogen-bond acceptors (Lipinski definition) is 3. The van der Waals surface area contributed by atoms with E-state index in [-0.39, 0.29) is 5.91 Å². The molecule has 1 aliphatic heterocycles. The van der Waals surface area contributed by atoms with Crippen LogP contribution in [0.3, 0.4) is 0 Å². The molecule has 2 rings (SSSR count). The number of carbonyl (C=O) groups is 3. The predicted octanol–water partition coefficient (Wildman–Crippen LogP) is 1.28. The Kier molecular flexibility index (Phi) is 4.47. The van der Waals surface area contributed by atoms with Gasteiger partial charge in [0.25, 0.3) is 0 Å². The summed E-state index contributed by atoms with van der Waals surface area (Å²) in [6.07, 6.45) is 0.351. The van der Waals surface area contributed by atoms with E-state index in [9.17, 15) is 14.4 Å². The number of nitrogens with zero attached hydrogens (tertiary/aromatic N) is 1. The predicted molar refractivity (Wildman–Crippen MR) is 77.2 cm³/mol. The highest BCUT2D eigenvalue weighted by Crippen LogP contribution is 2.27. The van der Waals surface area contributed by atoms with Gasteiger partial charge in [0.1, 0.15) is 12.0 Å². The van der Waals surface area contributed by atoms with Crippen molar-refractivity contribution in [1.29, 1.82) is 0 Å². The van der Waals surface area contributed by atoms with Crippen molar-refractivity contribution in [1.82, 2.24) is 5.32 Å². The molecule has 7 heteroatoms. The largest absolute Gasteiger partial charge is 0.480 e. The van der Waals surface area contributed by atoms with Gasteiger partial charge in [-0.05, 0) is 31.5 Å². The van der Waals surface area contributed by atoms with Gasteiger partial charge >= 0.3 is 5.97 Å². The smallest absolute Gasteiger partial charge is 0.325 e. The third-order valence-electron chi connectivity index (χ3n) is 3.37. The van der Waals surface area contributed by atoms with Gasteiger partial charge in [-0.25, -0.2) is 0 Å². The molecule has 1 heterocycles. The summed E-state index contributed by atoms with van der Waals surface area (Å²) in [6, 6.07) is 5.80. The van der Waals surface area contributed by atoms with Crippen molar-refractivity contribution in [2.24, 2.45) is 5.92 Å². The first-order chi connectivity index (χ1) is 9.90. The topological polar surface area (TPSA) is 86.7 Å². The standard InChI is InChI=1S/C14H15ClN2O4/c1-8(14(20)21)16-12(18)11-5-6-17(13(11)19)10-4-2-3-9(15)7-10/h2-4,7-8,11H,5-6H2,1H3,(H,16,18)(H,20,21)/t8-,11-/m0/s1. The maximum Gasteiger partial charge on any atom is 0.325 e. The fourth-order valence-electron chi connectivity index (χ4n) is 2.20. The minimum Gasteiger partial charge on any atom is -0.480 e. The summed E-state index contributed by atoms with van der Waals surface area (Å²) in [5.41, 5.74) is 0.633. The maximum absolute atomic E-state index is 12.3. The highest BCUT2D eigenvalue weighted by atomic mass is 35.5. The van der Waals surface area contributed by atoms with Crippen molar-refractivity contribution in [3.8, 4) is 0 Å². The molecule has 0 spiro atoms. The summed E-state index contributed by atoms with van der Waals surface area (Å²) in [6.45, 7) is 1.76. The molecule has 0 saturated carbocycles. The zero-order valence-electron chi connectivity index (χ0n) is 11.4. The summed E-state index contributed by atoms with van der Waals surface area (Å²) in [4.78, 5) is 36.5. The Morgan fingerprint density at radius 3 is 2.81 bits per heavy atom. The second kappa shape index (κ2) is 6.13. The minimum absolute atomic E-state index is 0.340. The molecule has 1 aromatic carbocycles. The Morgan fingerprint density at radius 1 is 1.48 bits per heavy atom. The monoisotopic (exact) mass is 310 g/mol. The fourth-order valence-corrected chi connectivity index (χ4v) is 2.38. The number of halogens is 1. The number of aliphatic carboxylic acids is 1. The molecule has 21 heavy (non-hydrogen) atoms. The van der Waals surface area contributed by atoms with Crippen molar-refractivity contribution in [2.45, 2.75) is 19.4 Å². The van der Waals surface area contributed by atoms with E-state index in [2.05, 4.69) is 5.32 Å². The number of benzene rings is 1. The highest BCUT2D eigenvalue weighted by molar-refractivity contribution is 6.31. The van der Waals surface area contributed by atoms with E-state index in [4.69, 9.17) is 16.7 Å². The van der Waals surface area contributed by atoms with Gasteiger partial charge in [0.2, 0.25) is 11.8 Å². The lowest BCUT2D eigenvalue weighted by Crippen LogP contribution is -2.44. The Hall–Kier alpha value is -2.08. The summed E-state index contributed by atoms with van der Waals surface area (Å²) in [5.74, 6) is -2.89. The van der Waals surface area contributed by atoms with Crippen LogP contribution in [0.2, 0.25) is 5.02 Å². The normalized spacial score (nSPS) is 19.4. The number of anilines is 1. The fraction of sp³-hybridized carbons (Fsp3) is 0.357. The molecule has 2 N–H and O–H groups in total. The maximum atomic E-state index is 12.3. The number of carboxylic acids is 1. The molecule has 0 bridgehead atoms. The van der Waals surface area contributed by atoms with Crippen LogP contribution >= 0.6 is 11.6 Å². The van der Waals surface area contributed by atoms with Crippen molar-refractivity contribution in [3.63, 3.8) is 0 Å². The Balaban J connectivity index is 2.08. The van der Waals surface area contributed by atoms with Crippen LogP contribution in [0.25, 0.3) is 0 Å². The summed E-state index contributed by atoms with van der Waals surface area (Å²) < 4.78 is 0. The molecule has 1 fully saturated rings. The van der Waals surface area contributed by atoms with Crippen LogP contribution in [0.15, 0.2) is 24.3 Å². The number of amides is 2. The molecule has 1 aliphatic rings. The van der Waals surface area contributed by atoms with Crippen LogP contribution in [0.5, 0.6) is 0 Å². The lowest BCUT2D eigenvalue weighted by molar-refractivity contribution is -0.143. The molecule has 0 radical (unpaired) electrons. The van der Waals surface area contributed by atoms with Gasteiger partial charge in [0.15, 0.2) is 0 Å². The van der Waals surface area contributed by atoms with Gasteiger partial charge in [-0.3, -0.25) is 14.4 Å². The van der Waals surface area contributed by atoms with Crippen LogP contribution in [-0.2, 0) is 14.4 Å². The molecule has 1 aromatic rings. The van der Waals surface area contributed by atoms with E-state index in [1.54, 1.807) is 24.3 Å². The van der Waals surface area contributed by atoms with E-state index in [0.717, 1.165) is 0 Å². The highest BCUT2D eigenvalue weighted by Gasteiger charge is 2.38. The number of nitrogens with one attached hydrogen (secondary N) is 1. The van der Waals surface area contributed by atoms with Crippen LogP contribution in [0, 0.1) is 5.92 Å². The van der Waals surface area contributed by atoms with Crippen LogP contribution < -0.4 is 10.2 Å². The molecular formula is C14H15ClN2O4. The number of rotatable bonds is 4. The molecule has 1 saturated heterocycles. The molecular weight excluding hydrogens is 296 g/mol. The first kappa shape index (κ1) is 15.3. The second-order valence-corrected chi connectivity index (χ2v) is 5.32. The van der Waals surface area contributed by atoms with Crippen LogP contribution in [0.1, 0.15) is 13.3 Å². The lowest BCUT2D eigenvalue weighted by atomic mass is 10.1. The SMILES string of the molecule is C[C@H](NC(=O)[C@@H]1CCN(c2cccc(Cl)c2)C1=O)C(=O)O. The van der Waals surface area contributed by atoms with Crippen LogP contribution in [-0.4, -0.2) is 35.5 Å². The lowest BCUT2D eigenvalue weighted by Gasteiger charge is -2.17. The van der Waals surface area contributed by atoms with Gasteiger partial charge in [-0.2, -0.15) is 0 Å². The van der Waals surface area contributed by atoms with Gasteiger partial charge in [0, 0.05) is 17.3 Å². The van der Waals surface area contributed by atoms with E-state index in [0.29, 0.717) is 23.7 Å². The number of carbonyl (C=O) groups excluding carboxylic acids is 2. The zero-order valence-corrected chi connectivity index (χ0v) is 12.1. The molecule has 2 atom stereocenters. The number of hydrogen-bond donors (Lipinski definition) is 2. The van der Waals surface area contributed by atoms with E-state index >= 15 is 0 Å². The molecule has 112 valence electrons. The molecule has 0 unspecified atom stereocenters. The Labute approximate surface area is 126 Å². The van der Waals surface area contributed by atoms with Gasteiger partial charge in [-0.15, -0.1) is 0 Å². The van der Waals surface area contributed by atoms with Crippen molar-refractivity contribution in [2.75, 3.05) is 11.4 Å². The zero-order chi connectivity index (χ0) is 15.6. The van der Waals surface area contributed by atoms with Gasteiger partial charge in [-0.1, -0.05) is 17.7 Å². The van der Waals surface area contributed by atoms with E-state index in [1.807, 2.05) is 0 Å². The molecule has 0 aliphatic carbocycles. The van der Waals surface area contributed by atoms with Crippen molar-refractivity contribution < 1.29 is 19.5 Å². The summed E-state index contributed by atoms with van der Waals surface area (Å²) in [5, 5.41) is 11.6. The van der Waals surface area contributed by atoms with Gasteiger partial charge < -0.3 is 15.3 Å². The Bertz CT molecular complexity index is 590. The first-order valence-corrected chi connectivity index (χ1v) is 6.88. The molecule has 6 nitrogen and oxygen atoms in total. The van der Waals surface area contributed by atoms with Crippen LogP contribution in [0.4, 0.5) is 5.69 Å². The second-order valence-electron chi connectivity index (χ2n) is 4.88. The van der Waals surface area contributed by atoms with Gasteiger partial charge in [0.05, 0.1) is 0 Å². The third kappa shape index (κ3) is 3.33. The third-order valence-corrected chi connectivity index (χ3v) is 3.61. The Morgan fingerprint density at radius 2 is 2.19 bits per heavy atom. The van der Waals surface area contributed by atoms with Crippen molar-refractivity contribution in [3.05, 3.63) is 29.3 Å². The summed E-state index contributed by atoms with van der Waals surface area (Å²) in [7, 11) is 0. The van der Waals surface area contributed by atoms with E-state index in [1.165, 1.54) is 11.8 Å². The minimum atomic E-state index is -1.14. The average molecular weight is 311 g/mol. The quantitative estimate of drug-likeness (QED) is 0.820. The molecule has 2 amide bonds. The van der Waals surface area contributed by atoms with Crippen molar-refractivity contribution >= 4 is 35.1 Å². The molecule has 0 aromatic heterocycles. The average Bonchev–Trinajstić information content (AvgIpc) is 2.80.